The van der Waals surface area contributed by atoms with Gasteiger partial charge in [0.25, 0.3) is 5.91 Å². The quantitative estimate of drug-likeness (QED) is 0.462. The van der Waals surface area contributed by atoms with E-state index in [9.17, 15) is 9.90 Å². The van der Waals surface area contributed by atoms with Gasteiger partial charge in [0.2, 0.25) is 5.95 Å². The first-order valence-corrected chi connectivity index (χ1v) is 10.0. The maximum Gasteiger partial charge on any atom is 0.260 e. The molecule has 1 aromatic carbocycles. The van der Waals surface area contributed by atoms with Crippen LogP contribution in [0.1, 0.15) is 23.5 Å². The maximum atomic E-state index is 11.8. The molecule has 0 aliphatic carbocycles. The van der Waals surface area contributed by atoms with Crippen LogP contribution in [0.25, 0.3) is 21.5 Å². The predicted octanol–water partition coefficient (Wildman–Crippen LogP) is 3.78. The fraction of sp³-hybridized carbons (Fsp3) is 0.278. The molecule has 0 spiro atoms. The lowest BCUT2D eigenvalue weighted by molar-refractivity contribution is 0.100. The Morgan fingerprint density at radius 2 is 2.00 bits per heavy atom. The van der Waals surface area contributed by atoms with E-state index in [1.54, 1.807) is 18.2 Å². The van der Waals surface area contributed by atoms with Crippen molar-refractivity contribution < 1.29 is 9.90 Å². The zero-order valence-electron chi connectivity index (χ0n) is 15.2. The number of primary amides is 1. The Labute approximate surface area is 175 Å². The van der Waals surface area contributed by atoms with Gasteiger partial charge in [-0.25, -0.2) is 9.97 Å². The summed E-state index contributed by atoms with van der Waals surface area (Å²) in [5.74, 6) is -0.184. The van der Waals surface area contributed by atoms with Crippen LogP contribution in [0.5, 0.6) is 0 Å². The Morgan fingerprint density at radius 3 is 2.57 bits per heavy atom. The molecule has 148 valence electrons. The van der Waals surface area contributed by atoms with E-state index in [1.807, 2.05) is 13.8 Å². The van der Waals surface area contributed by atoms with Crippen LogP contribution in [-0.2, 0) is 0 Å². The van der Waals surface area contributed by atoms with Gasteiger partial charge in [-0.15, -0.1) is 11.3 Å². The van der Waals surface area contributed by atoms with Gasteiger partial charge in [0.15, 0.2) is 0 Å². The lowest BCUT2D eigenvalue weighted by Gasteiger charge is -2.20. The van der Waals surface area contributed by atoms with E-state index in [-0.39, 0.29) is 29.1 Å². The molecular formula is C18H19Cl2N5O2S. The summed E-state index contributed by atoms with van der Waals surface area (Å²) in [4.78, 5) is 21.5. The Morgan fingerprint density at radius 1 is 1.29 bits per heavy atom. The number of aliphatic hydroxyl groups is 1. The van der Waals surface area contributed by atoms with Crippen molar-refractivity contribution in [2.24, 2.45) is 11.7 Å². The molecule has 7 nitrogen and oxygen atoms in total. The average molecular weight is 440 g/mol. The fourth-order valence-corrected chi connectivity index (χ4v) is 3.96. The average Bonchev–Trinajstić information content (AvgIpc) is 2.98. The van der Waals surface area contributed by atoms with Crippen molar-refractivity contribution in [2.75, 3.05) is 17.7 Å². The van der Waals surface area contributed by atoms with Crippen molar-refractivity contribution in [1.82, 2.24) is 9.97 Å². The first kappa shape index (κ1) is 20.6. The van der Waals surface area contributed by atoms with Crippen LogP contribution in [0.15, 0.2) is 18.2 Å². The van der Waals surface area contributed by atoms with Gasteiger partial charge in [-0.1, -0.05) is 43.1 Å². The normalized spacial score (nSPS) is 12.5. The van der Waals surface area contributed by atoms with E-state index < -0.39 is 5.91 Å². The highest BCUT2D eigenvalue weighted by molar-refractivity contribution is 7.21. The summed E-state index contributed by atoms with van der Waals surface area (Å²) in [6.45, 7) is 3.86. The van der Waals surface area contributed by atoms with E-state index in [2.05, 4.69) is 15.3 Å². The van der Waals surface area contributed by atoms with Crippen LogP contribution in [0.2, 0.25) is 10.0 Å². The second-order valence-electron chi connectivity index (χ2n) is 6.59. The van der Waals surface area contributed by atoms with Crippen molar-refractivity contribution >= 4 is 62.3 Å². The summed E-state index contributed by atoms with van der Waals surface area (Å²) in [7, 11) is 0. The number of nitrogens with zero attached hydrogens (tertiary/aromatic N) is 2. The van der Waals surface area contributed by atoms with Crippen molar-refractivity contribution in [1.29, 1.82) is 0 Å². The number of fused-ring (bicyclic) bond motifs is 1. The summed E-state index contributed by atoms with van der Waals surface area (Å²) < 4.78 is 0. The first-order valence-electron chi connectivity index (χ1n) is 8.45. The molecule has 28 heavy (non-hydrogen) atoms. The van der Waals surface area contributed by atoms with Crippen molar-refractivity contribution in [3.05, 3.63) is 33.1 Å². The SMILES string of the molecule is CC(C)[C@H](CO)Nc1nc(-c2ccc(Cl)c(Cl)c2)c2c(N)c(C(N)=O)sc2n1. The predicted molar refractivity (Wildman–Crippen MR) is 115 cm³/mol. The number of hydrogen-bond acceptors (Lipinski definition) is 7. The molecule has 0 aliphatic rings. The van der Waals surface area contributed by atoms with E-state index in [0.717, 1.165) is 11.3 Å². The zero-order chi connectivity index (χ0) is 20.6. The number of rotatable bonds is 6. The zero-order valence-corrected chi connectivity index (χ0v) is 17.5. The molecule has 6 N–H and O–H groups in total. The Balaban J connectivity index is 2.25. The van der Waals surface area contributed by atoms with Crippen LogP contribution in [0, 0.1) is 5.92 Å². The van der Waals surface area contributed by atoms with Crippen molar-refractivity contribution in [3.63, 3.8) is 0 Å². The van der Waals surface area contributed by atoms with E-state index in [1.165, 1.54) is 0 Å². The van der Waals surface area contributed by atoms with Crippen LogP contribution in [-0.4, -0.2) is 33.6 Å². The van der Waals surface area contributed by atoms with Crippen LogP contribution in [0.3, 0.4) is 0 Å². The number of thiophene rings is 1. The minimum absolute atomic E-state index is 0.0831. The molecule has 1 atom stereocenters. The number of carbonyl (C=O) groups excluding carboxylic acids is 1. The van der Waals surface area contributed by atoms with Crippen LogP contribution >= 0.6 is 34.5 Å². The minimum Gasteiger partial charge on any atom is -0.397 e. The van der Waals surface area contributed by atoms with Crippen molar-refractivity contribution in [3.8, 4) is 11.3 Å². The third-order valence-corrected chi connectivity index (χ3v) is 6.17. The smallest absolute Gasteiger partial charge is 0.260 e. The lowest BCUT2D eigenvalue weighted by atomic mass is 10.1. The molecule has 0 saturated carbocycles. The first-order chi connectivity index (χ1) is 13.2. The van der Waals surface area contributed by atoms with Gasteiger partial charge >= 0.3 is 0 Å². The summed E-state index contributed by atoms with van der Waals surface area (Å²) in [5, 5.41) is 14.0. The number of carbonyl (C=O) groups is 1. The highest BCUT2D eigenvalue weighted by Gasteiger charge is 2.22. The third kappa shape index (κ3) is 3.86. The number of nitrogens with two attached hydrogens (primary N) is 2. The van der Waals surface area contributed by atoms with Gasteiger partial charge in [-0.05, 0) is 18.1 Å². The summed E-state index contributed by atoms with van der Waals surface area (Å²) in [6.07, 6.45) is 0. The van der Waals surface area contributed by atoms with Gasteiger partial charge in [0, 0.05) is 5.56 Å². The monoisotopic (exact) mass is 439 g/mol. The molecule has 1 amide bonds. The fourth-order valence-electron chi connectivity index (χ4n) is 2.71. The number of aromatic nitrogens is 2. The number of aliphatic hydroxyl groups excluding tert-OH is 1. The van der Waals surface area contributed by atoms with E-state index >= 15 is 0 Å². The minimum atomic E-state index is -0.634. The third-order valence-electron chi connectivity index (χ3n) is 4.32. The summed E-state index contributed by atoms with van der Waals surface area (Å²) in [5.41, 5.74) is 13.0. The molecule has 0 saturated heterocycles. The molecule has 0 unspecified atom stereocenters. The molecule has 2 aromatic heterocycles. The second-order valence-corrected chi connectivity index (χ2v) is 8.40. The summed E-state index contributed by atoms with van der Waals surface area (Å²) in [6, 6.07) is 4.84. The molecule has 3 rings (SSSR count). The van der Waals surface area contributed by atoms with Crippen molar-refractivity contribution in [2.45, 2.75) is 19.9 Å². The molecular weight excluding hydrogens is 421 g/mol. The Bertz CT molecular complexity index is 1050. The number of hydrogen-bond donors (Lipinski definition) is 4. The van der Waals surface area contributed by atoms with Gasteiger partial charge in [0.1, 0.15) is 9.71 Å². The van der Waals surface area contributed by atoms with E-state index in [4.69, 9.17) is 34.7 Å². The molecule has 2 heterocycles. The van der Waals surface area contributed by atoms with Crippen LogP contribution in [0.4, 0.5) is 11.6 Å². The number of halogens is 2. The molecule has 0 bridgehead atoms. The lowest BCUT2D eigenvalue weighted by Crippen LogP contribution is -2.30. The van der Waals surface area contributed by atoms with Crippen LogP contribution < -0.4 is 16.8 Å². The highest BCUT2D eigenvalue weighted by Crippen LogP contribution is 2.40. The Hall–Kier alpha value is -2.13. The maximum absolute atomic E-state index is 11.8. The molecule has 10 heteroatoms. The molecule has 0 fully saturated rings. The number of anilines is 2. The number of benzene rings is 1. The standard InChI is InChI=1S/C18H19Cl2N5O2S/c1-7(2)11(6-26)23-18-24-14(8-3-4-9(19)10(20)5-8)12-13(21)15(16(22)27)28-17(12)25-18/h3-5,7,11,26H,6,21H2,1-2H3,(H2,22,27)(H,23,24,25)/t11-/m0/s1. The molecule has 3 aromatic rings. The van der Waals surface area contributed by atoms with Gasteiger partial charge in [0.05, 0.1) is 39.5 Å². The van der Waals surface area contributed by atoms with Gasteiger partial charge in [-0.2, -0.15) is 0 Å². The second kappa shape index (κ2) is 8.08. The summed E-state index contributed by atoms with van der Waals surface area (Å²) >= 11 is 13.3. The highest BCUT2D eigenvalue weighted by atomic mass is 35.5. The number of nitrogen functional groups attached to an aromatic ring is 1. The molecule has 0 aliphatic heterocycles. The van der Waals surface area contributed by atoms with E-state index in [0.29, 0.717) is 37.5 Å². The van der Waals surface area contributed by atoms with Gasteiger partial charge < -0.3 is 21.9 Å². The largest absolute Gasteiger partial charge is 0.397 e. The topological polar surface area (TPSA) is 127 Å². The number of nitrogens with one attached hydrogen (secondary N) is 1. The Kier molecular flexibility index (Phi) is 5.95. The number of amides is 1. The van der Waals surface area contributed by atoms with Gasteiger partial charge in [-0.3, -0.25) is 4.79 Å². The molecule has 0 radical (unpaired) electrons.